The summed E-state index contributed by atoms with van der Waals surface area (Å²) in [4.78, 5) is 0. The summed E-state index contributed by atoms with van der Waals surface area (Å²) < 4.78 is 5.56. The van der Waals surface area contributed by atoms with Crippen LogP contribution in [0.1, 0.15) is 162 Å². The van der Waals surface area contributed by atoms with E-state index in [1.54, 1.807) is 22.3 Å². The van der Waals surface area contributed by atoms with Crippen LogP contribution in [0.15, 0.2) is 109 Å². The SMILES string of the molecule is CC.CC.CC.CC.CC.CC.c1ccc2c(c1)Cc1ccc3c4c1C2c1cccc2[n+]1C41c4c(ccc5c4C(c4ccccc4-5)c4cccc-2[n+]41)C3. The Morgan fingerprint density at radius 2 is 0.868 bits per heavy atom. The molecule has 0 bridgehead atoms. The van der Waals surface area contributed by atoms with Crippen molar-refractivity contribution in [2.24, 2.45) is 0 Å². The second-order valence-corrected chi connectivity index (χ2v) is 12.8. The molecule has 0 saturated heterocycles. The van der Waals surface area contributed by atoms with Gasteiger partial charge in [-0.15, -0.1) is 9.13 Å². The van der Waals surface area contributed by atoms with Crippen molar-refractivity contribution in [2.75, 3.05) is 0 Å². The molecule has 12 rings (SSSR count). The highest BCUT2D eigenvalue weighted by atomic mass is 15.4. The zero-order valence-electron chi connectivity index (χ0n) is 34.4. The normalized spacial score (nSPS) is 18.1. The van der Waals surface area contributed by atoms with Gasteiger partial charge in [-0.25, -0.2) is 0 Å². The van der Waals surface area contributed by atoms with Crippen LogP contribution < -0.4 is 9.13 Å². The molecule has 0 radical (unpaired) electrons. The van der Waals surface area contributed by atoms with Crippen molar-refractivity contribution < 1.29 is 9.13 Å². The van der Waals surface area contributed by atoms with Gasteiger partial charge in [0.25, 0.3) is 11.4 Å². The minimum Gasteiger partial charge on any atom is -0.116 e. The Hall–Kier alpha value is -4.82. The van der Waals surface area contributed by atoms with Gasteiger partial charge in [0.2, 0.25) is 11.4 Å². The van der Waals surface area contributed by atoms with Crippen LogP contribution >= 0.6 is 0 Å². The smallest absolute Gasteiger partial charge is 0.116 e. The first-order chi connectivity index (χ1) is 26.4. The monoisotopic (exact) mass is 700 g/mol. The molecule has 3 unspecified atom stereocenters. The highest BCUT2D eigenvalue weighted by Gasteiger charge is 2.74. The van der Waals surface area contributed by atoms with Crippen LogP contribution in [-0.2, 0) is 18.5 Å². The van der Waals surface area contributed by atoms with Crippen LogP contribution in [0.5, 0.6) is 0 Å². The zero-order valence-corrected chi connectivity index (χ0v) is 34.4. The zero-order chi connectivity index (χ0) is 38.2. The third-order valence-electron chi connectivity index (χ3n) is 11.3. The number of benzene rings is 4. The molecular weight excluding hydrogens is 641 g/mol. The Kier molecular flexibility index (Phi) is 10.9. The fourth-order valence-corrected chi connectivity index (χ4v) is 10.1. The maximum absolute atomic E-state index is 2.78. The molecule has 272 valence electrons. The lowest BCUT2D eigenvalue weighted by molar-refractivity contribution is -0.947. The number of hydrogen-bond acceptors (Lipinski definition) is 0. The van der Waals surface area contributed by atoms with Gasteiger partial charge in [-0.2, -0.15) is 0 Å². The fourth-order valence-electron chi connectivity index (χ4n) is 10.1. The summed E-state index contributed by atoms with van der Waals surface area (Å²) in [6.45, 7) is 24.0. The van der Waals surface area contributed by atoms with Crippen LogP contribution in [0.2, 0.25) is 0 Å². The number of pyridine rings is 2. The molecule has 0 N–H and O–H groups in total. The molecule has 4 aromatic carbocycles. The summed E-state index contributed by atoms with van der Waals surface area (Å²) in [5.74, 6) is 0.515. The highest BCUT2D eigenvalue weighted by Crippen LogP contribution is 2.61. The summed E-state index contributed by atoms with van der Waals surface area (Å²) in [5, 5.41) is 0. The Morgan fingerprint density at radius 1 is 0.396 bits per heavy atom. The molecule has 6 aliphatic rings. The van der Waals surface area contributed by atoms with Crippen molar-refractivity contribution in [1.29, 1.82) is 0 Å². The van der Waals surface area contributed by atoms with Gasteiger partial charge in [0.05, 0.1) is 11.8 Å². The lowest BCUT2D eigenvalue weighted by Crippen LogP contribution is -2.77. The highest BCUT2D eigenvalue weighted by molar-refractivity contribution is 5.84. The molecule has 2 aromatic heterocycles. The third-order valence-corrected chi connectivity index (χ3v) is 11.3. The number of fused-ring (bicyclic) bond motifs is 8. The molecule has 2 nitrogen and oxygen atoms in total. The van der Waals surface area contributed by atoms with Gasteiger partial charge in [0.1, 0.15) is 11.1 Å². The molecule has 0 fully saturated rings. The van der Waals surface area contributed by atoms with Crippen LogP contribution in [0.25, 0.3) is 22.5 Å². The standard InChI is InChI=1S/C39H24N2.6C2H6/c1-2-8-25-21(7-1)19-22-15-16-23-20-24-17-18-28-26-9-3-4-10-27(26)35-32-14-6-12-30-29-11-5-13-31-34(25)33(22)37(23)39(40(29)31,41(30)32)38(24)36(28)35;6*1-2/h1-18,34-35H,19-20H2;6*1-2H3/q+2;;;;;;. The van der Waals surface area contributed by atoms with Crippen LogP contribution in [0.3, 0.4) is 0 Å². The maximum atomic E-state index is 2.78. The number of hydrogen-bond donors (Lipinski definition) is 0. The van der Waals surface area contributed by atoms with Gasteiger partial charge in [0.15, 0.2) is 0 Å². The summed E-state index contributed by atoms with van der Waals surface area (Å²) in [7, 11) is 0. The quantitative estimate of drug-likeness (QED) is 0.139. The van der Waals surface area contributed by atoms with Gasteiger partial charge in [0, 0.05) is 24.3 Å². The molecule has 3 atom stereocenters. The summed E-state index contributed by atoms with van der Waals surface area (Å²) in [6.07, 6.45) is 2.01. The van der Waals surface area contributed by atoms with E-state index in [2.05, 4.69) is 118 Å². The van der Waals surface area contributed by atoms with E-state index in [0.717, 1.165) is 12.8 Å². The molecule has 53 heavy (non-hydrogen) atoms. The first kappa shape index (κ1) is 37.9. The van der Waals surface area contributed by atoms with Crippen LogP contribution in [0.4, 0.5) is 0 Å². The minimum absolute atomic E-state index is 0.252. The molecule has 3 aliphatic heterocycles. The Balaban J connectivity index is 0.000000369. The molecule has 2 heteroatoms. The van der Waals surface area contributed by atoms with Crippen LogP contribution in [0, 0.1) is 0 Å². The van der Waals surface area contributed by atoms with E-state index in [1.165, 1.54) is 67.3 Å². The number of nitrogens with zero attached hydrogens (tertiary/aromatic N) is 2. The maximum Gasteiger partial charge on any atom is 0.417 e. The Labute approximate surface area is 320 Å². The first-order valence-corrected chi connectivity index (χ1v) is 21.0. The second kappa shape index (κ2) is 15.3. The van der Waals surface area contributed by atoms with Crippen molar-refractivity contribution >= 4 is 0 Å². The number of rotatable bonds is 0. The van der Waals surface area contributed by atoms with E-state index in [9.17, 15) is 0 Å². The molecule has 5 heterocycles. The average Bonchev–Trinajstić information content (AvgIpc) is 3.76. The summed E-state index contributed by atoms with van der Waals surface area (Å²) in [5.41, 5.74) is 23.1. The number of aromatic nitrogens is 2. The van der Waals surface area contributed by atoms with Crippen molar-refractivity contribution in [2.45, 2.75) is 113 Å². The molecular formula is C51H60N2+2. The molecule has 6 aromatic rings. The van der Waals surface area contributed by atoms with Gasteiger partial charge in [-0.05, 0) is 80.6 Å². The predicted molar refractivity (Wildman–Crippen MR) is 224 cm³/mol. The molecule has 3 aliphatic carbocycles. The minimum atomic E-state index is -0.390. The fraction of sp³-hybridized carbons (Fsp3) is 0.333. The van der Waals surface area contributed by atoms with E-state index < -0.39 is 5.66 Å². The lowest BCUT2D eigenvalue weighted by atomic mass is 9.62. The van der Waals surface area contributed by atoms with Gasteiger partial charge >= 0.3 is 5.66 Å². The Morgan fingerprint density at radius 3 is 1.49 bits per heavy atom. The Bertz CT molecular complexity index is 2290. The summed E-state index contributed by atoms with van der Waals surface area (Å²) in [6, 6.07) is 42.4. The average molecular weight is 701 g/mol. The van der Waals surface area contributed by atoms with Crippen molar-refractivity contribution in [3.63, 3.8) is 0 Å². The van der Waals surface area contributed by atoms with E-state index >= 15 is 0 Å². The molecule has 0 saturated carbocycles. The van der Waals surface area contributed by atoms with Crippen molar-refractivity contribution in [3.05, 3.63) is 176 Å². The van der Waals surface area contributed by atoms with Gasteiger partial charge < -0.3 is 0 Å². The van der Waals surface area contributed by atoms with Gasteiger partial charge in [-0.3, -0.25) is 0 Å². The topological polar surface area (TPSA) is 7.76 Å². The summed E-state index contributed by atoms with van der Waals surface area (Å²) >= 11 is 0. The van der Waals surface area contributed by atoms with E-state index in [0.29, 0.717) is 0 Å². The second-order valence-electron chi connectivity index (χ2n) is 12.8. The predicted octanol–water partition coefficient (Wildman–Crippen LogP) is 12.5. The van der Waals surface area contributed by atoms with Gasteiger partial charge in [-0.1, -0.05) is 156 Å². The van der Waals surface area contributed by atoms with E-state index in [4.69, 9.17) is 0 Å². The van der Waals surface area contributed by atoms with E-state index in [-0.39, 0.29) is 11.8 Å². The third kappa shape index (κ3) is 4.70. The molecule has 1 spiro atoms. The van der Waals surface area contributed by atoms with Crippen molar-refractivity contribution in [1.82, 2.24) is 0 Å². The van der Waals surface area contributed by atoms with Crippen molar-refractivity contribution in [3.8, 4) is 22.5 Å². The van der Waals surface area contributed by atoms with E-state index in [1.807, 2.05) is 83.1 Å². The lowest BCUT2D eigenvalue weighted by Gasteiger charge is -2.43. The largest absolute Gasteiger partial charge is 0.417 e. The van der Waals surface area contributed by atoms with Crippen LogP contribution in [-0.4, -0.2) is 0 Å². The molecule has 0 amide bonds. The first-order valence-electron chi connectivity index (χ1n) is 21.0.